The topological polar surface area (TPSA) is 158 Å². The van der Waals surface area contributed by atoms with Gasteiger partial charge in [0.2, 0.25) is 5.78 Å². The zero-order valence-corrected chi connectivity index (χ0v) is 16.7. The number of aliphatic hydroxyl groups excluding tert-OH is 4. The zero-order valence-electron chi connectivity index (χ0n) is 16.7. The summed E-state index contributed by atoms with van der Waals surface area (Å²) >= 11 is 0. The number of hydrogen-bond acceptors (Lipinski definition) is 8. The molecule has 0 spiro atoms. The molecule has 5 atom stereocenters. The molecule has 0 unspecified atom stereocenters. The molecular formula is C19H27N5O6. The first kappa shape index (κ1) is 20.9. The molecule has 4 rings (SSSR count). The van der Waals surface area contributed by atoms with Crippen molar-refractivity contribution in [3.8, 4) is 0 Å². The van der Waals surface area contributed by atoms with Crippen molar-refractivity contribution in [3.05, 3.63) is 28.6 Å². The molecule has 5 N–H and O–H groups in total. The van der Waals surface area contributed by atoms with Crippen molar-refractivity contribution in [2.24, 2.45) is 0 Å². The van der Waals surface area contributed by atoms with Crippen LogP contribution in [-0.4, -0.2) is 69.3 Å². The normalized spacial score (nSPS) is 24.1. The standard InChI is InChI=1S/C19H27N5O6/c1-2-3-4-5-11(26)16(28)10-7-20-19-22-17-15(18(29)24(10)19)21-9-23(17)14-6-12(27)13(8-25)30-14/h7,9,11-14,16,25-28H,2-6,8H2,1H3,(H,20,22)/t11-,12-,13+,14+,16+/m0/s1. The van der Waals surface area contributed by atoms with E-state index >= 15 is 0 Å². The lowest BCUT2D eigenvalue weighted by Gasteiger charge is -2.17. The molecule has 0 aromatic carbocycles. The van der Waals surface area contributed by atoms with Gasteiger partial charge in [-0.1, -0.05) is 26.2 Å². The second-order valence-corrected chi connectivity index (χ2v) is 7.74. The number of fused-ring (bicyclic) bond motifs is 2. The van der Waals surface area contributed by atoms with Gasteiger partial charge in [-0.15, -0.1) is 0 Å². The summed E-state index contributed by atoms with van der Waals surface area (Å²) < 4.78 is 8.45. The molecule has 1 fully saturated rings. The summed E-state index contributed by atoms with van der Waals surface area (Å²) in [5.74, 6) is 0.196. The Bertz CT molecular complexity index is 1070. The van der Waals surface area contributed by atoms with Crippen LogP contribution in [0.5, 0.6) is 0 Å². The second kappa shape index (κ2) is 8.44. The molecule has 11 heteroatoms. The van der Waals surface area contributed by atoms with Crippen LogP contribution < -0.4 is 5.56 Å². The van der Waals surface area contributed by atoms with Gasteiger partial charge in [-0.2, -0.15) is 0 Å². The quantitative estimate of drug-likeness (QED) is 0.318. The van der Waals surface area contributed by atoms with E-state index in [-0.39, 0.29) is 30.0 Å². The van der Waals surface area contributed by atoms with Gasteiger partial charge in [-0.05, 0) is 6.42 Å². The van der Waals surface area contributed by atoms with Gasteiger partial charge < -0.3 is 30.1 Å². The average Bonchev–Trinajstić information content (AvgIpc) is 3.44. The maximum Gasteiger partial charge on any atom is 0.287 e. The Morgan fingerprint density at radius 2 is 2.13 bits per heavy atom. The van der Waals surface area contributed by atoms with Crippen molar-refractivity contribution in [2.75, 3.05) is 6.61 Å². The highest BCUT2D eigenvalue weighted by molar-refractivity contribution is 5.72. The predicted octanol–water partition coefficient (Wildman–Crippen LogP) is -0.0124. The Morgan fingerprint density at radius 3 is 2.83 bits per heavy atom. The fourth-order valence-electron chi connectivity index (χ4n) is 3.96. The SMILES string of the molecule is CCCCC[C@H](O)[C@H](O)c1cnc2[nH]c3c(ncn3[C@H]3C[C@H](O)[C@@H](CO)O3)c(=O)n12. The molecule has 0 aliphatic carbocycles. The highest BCUT2D eigenvalue weighted by Crippen LogP contribution is 2.30. The smallest absolute Gasteiger partial charge is 0.287 e. The van der Waals surface area contributed by atoms with Crippen LogP contribution in [0.25, 0.3) is 16.9 Å². The molecule has 0 radical (unpaired) electrons. The molecule has 30 heavy (non-hydrogen) atoms. The summed E-state index contributed by atoms with van der Waals surface area (Å²) in [7, 11) is 0. The first-order valence-electron chi connectivity index (χ1n) is 10.2. The fraction of sp³-hybridized carbons (Fsp3) is 0.632. The minimum absolute atomic E-state index is 0.111. The van der Waals surface area contributed by atoms with E-state index in [0.29, 0.717) is 12.1 Å². The Morgan fingerprint density at radius 1 is 1.33 bits per heavy atom. The van der Waals surface area contributed by atoms with Gasteiger partial charge in [0.15, 0.2) is 5.52 Å². The summed E-state index contributed by atoms with van der Waals surface area (Å²) in [6.45, 7) is 1.74. The van der Waals surface area contributed by atoms with Crippen LogP contribution in [0.1, 0.15) is 57.1 Å². The van der Waals surface area contributed by atoms with Gasteiger partial charge in [0.1, 0.15) is 24.1 Å². The summed E-state index contributed by atoms with van der Waals surface area (Å²) in [5, 5.41) is 40.2. The lowest BCUT2D eigenvalue weighted by Crippen LogP contribution is -2.24. The van der Waals surface area contributed by atoms with E-state index < -0.39 is 36.2 Å². The van der Waals surface area contributed by atoms with E-state index in [0.717, 1.165) is 19.3 Å². The number of rotatable bonds is 8. The van der Waals surface area contributed by atoms with Gasteiger partial charge in [-0.25, -0.2) is 14.4 Å². The van der Waals surface area contributed by atoms with E-state index in [9.17, 15) is 25.2 Å². The number of hydrogen-bond donors (Lipinski definition) is 5. The fourth-order valence-corrected chi connectivity index (χ4v) is 3.96. The number of aromatic amines is 1. The lowest BCUT2D eigenvalue weighted by molar-refractivity contribution is -0.0432. The van der Waals surface area contributed by atoms with Crippen LogP contribution in [-0.2, 0) is 4.74 Å². The molecule has 3 aromatic heterocycles. The second-order valence-electron chi connectivity index (χ2n) is 7.74. The number of aromatic nitrogens is 5. The van der Waals surface area contributed by atoms with Crippen LogP contribution in [0.15, 0.2) is 17.3 Å². The third-order valence-corrected chi connectivity index (χ3v) is 5.68. The molecule has 4 heterocycles. The minimum atomic E-state index is -1.25. The van der Waals surface area contributed by atoms with E-state index in [4.69, 9.17) is 4.74 Å². The van der Waals surface area contributed by atoms with Crippen molar-refractivity contribution < 1.29 is 25.2 Å². The highest BCUT2D eigenvalue weighted by Gasteiger charge is 2.35. The lowest BCUT2D eigenvalue weighted by atomic mass is 10.0. The summed E-state index contributed by atoms with van der Waals surface area (Å²) in [5.41, 5.74) is 0.181. The van der Waals surface area contributed by atoms with E-state index in [1.165, 1.54) is 16.9 Å². The molecule has 1 aliphatic rings. The number of imidazole rings is 2. The number of unbranched alkanes of at least 4 members (excludes halogenated alkanes) is 2. The van der Waals surface area contributed by atoms with E-state index in [1.54, 1.807) is 4.57 Å². The average molecular weight is 421 g/mol. The predicted molar refractivity (Wildman–Crippen MR) is 106 cm³/mol. The van der Waals surface area contributed by atoms with E-state index in [2.05, 4.69) is 21.9 Å². The Balaban J connectivity index is 1.69. The monoisotopic (exact) mass is 421 g/mol. The van der Waals surface area contributed by atoms with Gasteiger partial charge in [0.25, 0.3) is 5.56 Å². The van der Waals surface area contributed by atoms with Crippen LogP contribution in [0, 0.1) is 0 Å². The number of H-pyrrole nitrogens is 1. The first-order chi connectivity index (χ1) is 14.5. The van der Waals surface area contributed by atoms with Crippen molar-refractivity contribution in [2.45, 2.75) is 69.7 Å². The number of nitrogens with one attached hydrogen (secondary N) is 1. The summed E-state index contributed by atoms with van der Waals surface area (Å²) in [6, 6.07) is 0. The molecule has 164 valence electrons. The van der Waals surface area contributed by atoms with Crippen molar-refractivity contribution in [1.29, 1.82) is 0 Å². The van der Waals surface area contributed by atoms with Crippen LogP contribution >= 0.6 is 0 Å². The summed E-state index contributed by atoms with van der Waals surface area (Å²) in [4.78, 5) is 24.5. The van der Waals surface area contributed by atoms with E-state index in [1.807, 2.05) is 0 Å². The van der Waals surface area contributed by atoms with Gasteiger partial charge >= 0.3 is 0 Å². The zero-order chi connectivity index (χ0) is 21.4. The first-order valence-corrected chi connectivity index (χ1v) is 10.2. The molecule has 3 aromatic rings. The van der Waals surface area contributed by atoms with Crippen LogP contribution in [0.4, 0.5) is 0 Å². The number of ether oxygens (including phenoxy) is 1. The van der Waals surface area contributed by atoms with Crippen LogP contribution in [0.3, 0.4) is 0 Å². The number of aliphatic hydroxyl groups is 4. The molecule has 0 bridgehead atoms. The summed E-state index contributed by atoms with van der Waals surface area (Å²) in [6.07, 6.45) is 1.79. The molecule has 1 aliphatic heterocycles. The van der Waals surface area contributed by atoms with Crippen molar-refractivity contribution in [1.82, 2.24) is 23.9 Å². The van der Waals surface area contributed by atoms with Gasteiger partial charge in [-0.3, -0.25) is 9.36 Å². The van der Waals surface area contributed by atoms with Crippen LogP contribution in [0.2, 0.25) is 0 Å². The maximum atomic E-state index is 13.1. The number of nitrogens with zero attached hydrogens (tertiary/aromatic N) is 4. The third-order valence-electron chi connectivity index (χ3n) is 5.68. The molecule has 1 saturated heterocycles. The Labute approximate surface area is 171 Å². The van der Waals surface area contributed by atoms with Gasteiger partial charge in [0.05, 0.1) is 37.0 Å². The highest BCUT2D eigenvalue weighted by atomic mass is 16.5. The molecule has 0 amide bonds. The third kappa shape index (κ3) is 3.52. The van der Waals surface area contributed by atoms with Crippen molar-refractivity contribution >= 4 is 16.9 Å². The van der Waals surface area contributed by atoms with Crippen molar-refractivity contribution in [3.63, 3.8) is 0 Å². The molecular weight excluding hydrogens is 394 g/mol. The minimum Gasteiger partial charge on any atom is -0.394 e. The molecule has 11 nitrogen and oxygen atoms in total. The molecule has 0 saturated carbocycles. The Kier molecular flexibility index (Phi) is 5.89. The Hall–Kier alpha value is -2.31. The maximum absolute atomic E-state index is 13.1. The van der Waals surface area contributed by atoms with Gasteiger partial charge in [0, 0.05) is 6.42 Å². The largest absolute Gasteiger partial charge is 0.394 e.